The average molecular weight is 377 g/mol. The maximum atomic E-state index is 13.2. The van der Waals surface area contributed by atoms with Crippen LogP contribution in [0.15, 0.2) is 70.9 Å². The van der Waals surface area contributed by atoms with E-state index in [1.165, 1.54) is 42.7 Å². The van der Waals surface area contributed by atoms with Crippen LogP contribution in [0.25, 0.3) is 0 Å². The van der Waals surface area contributed by atoms with Crippen LogP contribution < -0.4 is 9.46 Å². The van der Waals surface area contributed by atoms with Crippen molar-refractivity contribution in [1.82, 2.24) is 4.72 Å². The predicted molar refractivity (Wildman–Crippen MR) is 95.9 cm³/mol. The molecule has 3 rings (SSSR count). The van der Waals surface area contributed by atoms with Gasteiger partial charge in [0.05, 0.1) is 18.0 Å². The number of hydrogen-bond acceptors (Lipinski definition) is 4. The lowest BCUT2D eigenvalue weighted by atomic mass is 10.1. The van der Waals surface area contributed by atoms with E-state index in [1.807, 2.05) is 17.5 Å². The van der Waals surface area contributed by atoms with Gasteiger partial charge in [0.2, 0.25) is 10.0 Å². The maximum Gasteiger partial charge on any atom is 0.241 e. The number of thiophene rings is 1. The van der Waals surface area contributed by atoms with Crippen LogP contribution in [0.1, 0.15) is 16.5 Å². The number of ether oxygens (including phenoxy) is 1. The molecule has 0 aliphatic rings. The lowest BCUT2D eigenvalue weighted by Gasteiger charge is -2.18. The molecular formula is C18H16FNO3S2. The Balaban J connectivity index is 1.95. The monoisotopic (exact) mass is 377 g/mol. The number of benzene rings is 2. The van der Waals surface area contributed by atoms with Gasteiger partial charge in [0.1, 0.15) is 11.6 Å². The van der Waals surface area contributed by atoms with E-state index in [9.17, 15) is 12.8 Å². The summed E-state index contributed by atoms with van der Waals surface area (Å²) in [6.45, 7) is 0. The third kappa shape index (κ3) is 4.07. The van der Waals surface area contributed by atoms with Gasteiger partial charge >= 0.3 is 0 Å². The summed E-state index contributed by atoms with van der Waals surface area (Å²) in [5, 5.41) is 1.87. The fourth-order valence-corrected chi connectivity index (χ4v) is 4.46. The zero-order valence-electron chi connectivity index (χ0n) is 13.3. The minimum absolute atomic E-state index is 0.136. The van der Waals surface area contributed by atoms with Crippen molar-refractivity contribution in [2.24, 2.45) is 0 Å². The van der Waals surface area contributed by atoms with Gasteiger partial charge < -0.3 is 4.74 Å². The van der Waals surface area contributed by atoms with Gasteiger partial charge in [-0.2, -0.15) is 4.72 Å². The van der Waals surface area contributed by atoms with Crippen LogP contribution in [0.4, 0.5) is 4.39 Å². The van der Waals surface area contributed by atoms with Gasteiger partial charge in [0.15, 0.2) is 0 Å². The van der Waals surface area contributed by atoms with Crippen LogP contribution in [0, 0.1) is 5.82 Å². The Morgan fingerprint density at radius 2 is 1.72 bits per heavy atom. The third-order valence-electron chi connectivity index (χ3n) is 3.67. The molecule has 0 aliphatic heterocycles. The normalized spacial score (nSPS) is 12.7. The molecule has 130 valence electrons. The van der Waals surface area contributed by atoms with Gasteiger partial charge in [-0.05, 0) is 53.4 Å². The second kappa shape index (κ2) is 7.35. The fourth-order valence-electron chi connectivity index (χ4n) is 2.38. The topological polar surface area (TPSA) is 55.4 Å². The minimum Gasteiger partial charge on any atom is -0.497 e. The molecule has 0 saturated carbocycles. The Morgan fingerprint density at radius 3 is 2.28 bits per heavy atom. The molecule has 1 N–H and O–H groups in total. The summed E-state index contributed by atoms with van der Waals surface area (Å²) in [5.41, 5.74) is 0.668. The molecule has 0 unspecified atom stereocenters. The van der Waals surface area contributed by atoms with E-state index in [4.69, 9.17) is 4.74 Å². The predicted octanol–water partition coefficient (Wildman–Crippen LogP) is 3.96. The first kappa shape index (κ1) is 17.6. The van der Waals surface area contributed by atoms with E-state index in [0.29, 0.717) is 11.3 Å². The first-order valence-corrected chi connectivity index (χ1v) is 9.81. The van der Waals surface area contributed by atoms with Gasteiger partial charge in [0.25, 0.3) is 0 Å². The summed E-state index contributed by atoms with van der Waals surface area (Å²) in [5.74, 6) is 0.207. The third-order valence-corrected chi connectivity index (χ3v) is 6.05. The van der Waals surface area contributed by atoms with Crippen molar-refractivity contribution >= 4 is 21.4 Å². The van der Waals surface area contributed by atoms with Gasteiger partial charge in [-0.1, -0.05) is 18.2 Å². The summed E-state index contributed by atoms with van der Waals surface area (Å²) >= 11 is 1.43. The molecule has 2 aromatic carbocycles. The Hall–Kier alpha value is -2.22. The molecular weight excluding hydrogens is 361 g/mol. The number of methoxy groups -OCH3 is 1. The lowest BCUT2D eigenvalue weighted by Crippen LogP contribution is -2.29. The van der Waals surface area contributed by atoms with Gasteiger partial charge in [-0.25, -0.2) is 12.8 Å². The highest BCUT2D eigenvalue weighted by atomic mass is 32.2. The van der Waals surface area contributed by atoms with E-state index in [2.05, 4.69) is 4.72 Å². The van der Waals surface area contributed by atoms with Gasteiger partial charge in [-0.3, -0.25) is 0 Å². The molecule has 0 spiro atoms. The molecule has 7 heteroatoms. The van der Waals surface area contributed by atoms with E-state index in [1.54, 1.807) is 24.3 Å². The molecule has 1 aromatic heterocycles. The minimum atomic E-state index is -3.76. The lowest BCUT2D eigenvalue weighted by molar-refractivity contribution is 0.414. The average Bonchev–Trinajstić information content (AvgIpc) is 3.15. The highest BCUT2D eigenvalue weighted by Crippen LogP contribution is 2.28. The standard InChI is InChI=1S/C18H16FNO3S2/c1-23-15-8-10-16(11-9-15)25(21,22)20-18(17-3-2-12-24-17)13-4-6-14(19)7-5-13/h2-12,18,20H,1H3/t18-/m1/s1. The highest BCUT2D eigenvalue weighted by molar-refractivity contribution is 7.89. The summed E-state index contributed by atoms with van der Waals surface area (Å²) < 4.78 is 46.5. The molecule has 1 heterocycles. The second-order valence-corrected chi connectivity index (χ2v) is 7.99. The quantitative estimate of drug-likeness (QED) is 0.707. The Bertz CT molecular complexity index is 921. The molecule has 0 bridgehead atoms. The SMILES string of the molecule is COc1ccc(S(=O)(=O)N[C@H](c2ccc(F)cc2)c2cccs2)cc1. The number of nitrogens with one attached hydrogen (secondary N) is 1. The Morgan fingerprint density at radius 1 is 1.04 bits per heavy atom. The molecule has 0 amide bonds. The van der Waals surface area contributed by atoms with Crippen molar-refractivity contribution in [3.8, 4) is 5.75 Å². The molecule has 0 aliphatic carbocycles. The zero-order chi connectivity index (χ0) is 17.9. The number of hydrogen-bond donors (Lipinski definition) is 1. The van der Waals surface area contributed by atoms with E-state index in [0.717, 1.165) is 4.88 Å². The van der Waals surface area contributed by atoms with Crippen molar-refractivity contribution in [2.45, 2.75) is 10.9 Å². The van der Waals surface area contributed by atoms with Crippen LogP contribution in [-0.2, 0) is 10.0 Å². The molecule has 25 heavy (non-hydrogen) atoms. The Labute approximate surface area is 150 Å². The highest BCUT2D eigenvalue weighted by Gasteiger charge is 2.23. The fraction of sp³-hybridized carbons (Fsp3) is 0.111. The first-order valence-electron chi connectivity index (χ1n) is 7.45. The van der Waals surface area contributed by atoms with Crippen molar-refractivity contribution in [1.29, 1.82) is 0 Å². The zero-order valence-corrected chi connectivity index (χ0v) is 15.0. The molecule has 0 fully saturated rings. The maximum absolute atomic E-state index is 13.2. The largest absolute Gasteiger partial charge is 0.497 e. The smallest absolute Gasteiger partial charge is 0.241 e. The van der Waals surface area contributed by atoms with Crippen LogP contribution in [0.5, 0.6) is 5.75 Å². The van der Waals surface area contributed by atoms with E-state index in [-0.39, 0.29) is 10.7 Å². The summed E-state index contributed by atoms with van der Waals surface area (Å²) in [6.07, 6.45) is 0. The summed E-state index contributed by atoms with van der Waals surface area (Å²) in [6, 6.07) is 15.0. The number of sulfonamides is 1. The summed E-state index contributed by atoms with van der Waals surface area (Å²) in [4.78, 5) is 0.959. The summed E-state index contributed by atoms with van der Waals surface area (Å²) in [7, 11) is -2.24. The van der Waals surface area contributed by atoms with Crippen LogP contribution in [0.2, 0.25) is 0 Å². The van der Waals surface area contributed by atoms with Crippen molar-refractivity contribution in [3.63, 3.8) is 0 Å². The molecule has 4 nitrogen and oxygen atoms in total. The number of rotatable bonds is 6. The van der Waals surface area contributed by atoms with Crippen molar-refractivity contribution in [2.75, 3.05) is 7.11 Å². The van der Waals surface area contributed by atoms with Crippen LogP contribution in [-0.4, -0.2) is 15.5 Å². The van der Waals surface area contributed by atoms with Gasteiger partial charge in [-0.15, -0.1) is 11.3 Å². The van der Waals surface area contributed by atoms with E-state index < -0.39 is 16.1 Å². The van der Waals surface area contributed by atoms with Crippen molar-refractivity contribution < 1.29 is 17.5 Å². The van der Waals surface area contributed by atoms with Crippen molar-refractivity contribution in [3.05, 3.63) is 82.3 Å². The first-order chi connectivity index (χ1) is 12.0. The Kier molecular flexibility index (Phi) is 5.17. The van der Waals surface area contributed by atoms with Crippen LogP contribution in [0.3, 0.4) is 0 Å². The second-order valence-electron chi connectivity index (χ2n) is 5.30. The molecule has 1 atom stereocenters. The molecule has 0 radical (unpaired) electrons. The molecule has 3 aromatic rings. The van der Waals surface area contributed by atoms with E-state index >= 15 is 0 Å². The number of halogens is 1. The van der Waals surface area contributed by atoms with Crippen LogP contribution >= 0.6 is 11.3 Å². The molecule has 0 saturated heterocycles. The van der Waals surface area contributed by atoms with Gasteiger partial charge in [0, 0.05) is 4.88 Å².